The highest BCUT2D eigenvalue weighted by Crippen LogP contribution is 2.15. The zero-order chi connectivity index (χ0) is 14.4. The summed E-state index contributed by atoms with van der Waals surface area (Å²) < 4.78 is 5.96. The molecule has 3 heteroatoms. The van der Waals surface area contributed by atoms with Gasteiger partial charge in [-0.15, -0.1) is 0 Å². The molecule has 1 atom stereocenters. The van der Waals surface area contributed by atoms with Gasteiger partial charge in [-0.2, -0.15) is 0 Å². The van der Waals surface area contributed by atoms with E-state index >= 15 is 0 Å². The van der Waals surface area contributed by atoms with E-state index < -0.39 is 0 Å². The van der Waals surface area contributed by atoms with Crippen LogP contribution in [0, 0.1) is 0 Å². The molecule has 1 N–H and O–H groups in total. The fourth-order valence-corrected chi connectivity index (χ4v) is 2.57. The molecular formula is C17H28N2O. The Hall–Kier alpha value is -0.900. The lowest BCUT2D eigenvalue weighted by Crippen LogP contribution is -2.38. The summed E-state index contributed by atoms with van der Waals surface area (Å²) >= 11 is 0. The molecule has 1 aromatic carbocycles. The number of hydrogen-bond acceptors (Lipinski definition) is 3. The van der Waals surface area contributed by atoms with Gasteiger partial charge in [-0.3, -0.25) is 4.90 Å². The Kier molecular flexibility index (Phi) is 5.58. The highest BCUT2D eigenvalue weighted by Gasteiger charge is 2.22. The van der Waals surface area contributed by atoms with Crippen LogP contribution in [0.4, 0.5) is 0 Å². The highest BCUT2D eigenvalue weighted by atomic mass is 16.5. The van der Waals surface area contributed by atoms with E-state index in [-0.39, 0.29) is 5.54 Å². The van der Waals surface area contributed by atoms with Gasteiger partial charge in [0.2, 0.25) is 0 Å². The number of likely N-dealkylation sites (tertiary alicyclic amines) is 1. The Labute approximate surface area is 123 Å². The maximum absolute atomic E-state index is 5.96. The van der Waals surface area contributed by atoms with E-state index in [9.17, 15) is 0 Å². The van der Waals surface area contributed by atoms with E-state index in [0.717, 1.165) is 39.2 Å². The fourth-order valence-electron chi connectivity index (χ4n) is 2.57. The first-order valence-electron chi connectivity index (χ1n) is 7.66. The zero-order valence-electron chi connectivity index (χ0n) is 13.1. The molecule has 3 nitrogen and oxygen atoms in total. The number of nitrogens with one attached hydrogen (secondary N) is 1. The first kappa shape index (κ1) is 15.5. The van der Waals surface area contributed by atoms with Gasteiger partial charge in [0.05, 0.1) is 12.7 Å². The van der Waals surface area contributed by atoms with E-state index in [1.54, 1.807) is 0 Å². The second kappa shape index (κ2) is 7.21. The Balaban J connectivity index is 1.63. The van der Waals surface area contributed by atoms with Gasteiger partial charge >= 0.3 is 0 Å². The number of benzene rings is 1. The van der Waals surface area contributed by atoms with Crippen LogP contribution < -0.4 is 5.32 Å². The summed E-state index contributed by atoms with van der Waals surface area (Å²) in [5.41, 5.74) is 1.57. The molecule has 1 fully saturated rings. The smallest absolute Gasteiger partial charge is 0.0714 e. The third-order valence-corrected chi connectivity index (χ3v) is 3.59. The normalized spacial score (nSPS) is 20.4. The van der Waals surface area contributed by atoms with Crippen LogP contribution in [0.15, 0.2) is 30.3 Å². The summed E-state index contributed by atoms with van der Waals surface area (Å²) in [7, 11) is 0. The molecule has 1 aromatic rings. The maximum atomic E-state index is 5.96. The average molecular weight is 276 g/mol. The van der Waals surface area contributed by atoms with Crippen molar-refractivity contribution >= 4 is 0 Å². The Morgan fingerprint density at radius 3 is 2.70 bits per heavy atom. The molecule has 20 heavy (non-hydrogen) atoms. The van der Waals surface area contributed by atoms with Gasteiger partial charge in [0.25, 0.3) is 0 Å². The van der Waals surface area contributed by atoms with Crippen molar-refractivity contribution in [3.63, 3.8) is 0 Å². The second-order valence-corrected chi connectivity index (χ2v) is 6.68. The molecule has 1 aliphatic rings. The van der Waals surface area contributed by atoms with Crippen LogP contribution in [0.5, 0.6) is 0 Å². The molecule has 0 bridgehead atoms. The first-order chi connectivity index (χ1) is 9.53. The molecule has 1 heterocycles. The summed E-state index contributed by atoms with van der Waals surface area (Å²) in [6.07, 6.45) is 1.56. The minimum Gasteiger partial charge on any atom is -0.376 e. The van der Waals surface area contributed by atoms with E-state index in [0.29, 0.717) is 6.10 Å². The van der Waals surface area contributed by atoms with Gasteiger partial charge in [0, 0.05) is 31.7 Å². The lowest BCUT2D eigenvalue weighted by molar-refractivity contribution is 0.0578. The molecular weight excluding hydrogens is 248 g/mol. The van der Waals surface area contributed by atoms with E-state index in [4.69, 9.17) is 4.74 Å². The molecule has 0 saturated carbocycles. The molecule has 0 spiro atoms. The monoisotopic (exact) mass is 276 g/mol. The predicted octanol–water partition coefficient (Wildman–Crippen LogP) is 2.67. The van der Waals surface area contributed by atoms with Crippen LogP contribution in [0.1, 0.15) is 32.8 Å². The summed E-state index contributed by atoms with van der Waals surface area (Å²) in [6, 6.07) is 10.7. The van der Waals surface area contributed by atoms with Crippen LogP contribution in [0.25, 0.3) is 0 Å². The summed E-state index contributed by atoms with van der Waals surface area (Å²) in [5, 5.41) is 3.46. The Morgan fingerprint density at radius 2 is 2.00 bits per heavy atom. The SMILES string of the molecule is CC(C)(C)NCCOC1CCN(Cc2ccccc2)C1. The van der Waals surface area contributed by atoms with Gasteiger partial charge in [0.1, 0.15) is 0 Å². The lowest BCUT2D eigenvalue weighted by atomic mass is 10.1. The topological polar surface area (TPSA) is 24.5 Å². The first-order valence-corrected chi connectivity index (χ1v) is 7.66. The number of hydrogen-bond donors (Lipinski definition) is 1. The van der Waals surface area contributed by atoms with Gasteiger partial charge in [0.15, 0.2) is 0 Å². The molecule has 1 saturated heterocycles. The van der Waals surface area contributed by atoms with Crippen molar-refractivity contribution in [3.8, 4) is 0 Å². The van der Waals surface area contributed by atoms with Crippen molar-refractivity contribution in [2.45, 2.75) is 45.4 Å². The summed E-state index contributed by atoms with van der Waals surface area (Å²) in [6.45, 7) is 11.5. The van der Waals surface area contributed by atoms with Gasteiger partial charge in [-0.1, -0.05) is 30.3 Å². The van der Waals surface area contributed by atoms with E-state index in [2.05, 4.69) is 61.3 Å². The minimum atomic E-state index is 0.179. The Morgan fingerprint density at radius 1 is 1.25 bits per heavy atom. The van der Waals surface area contributed by atoms with Crippen molar-refractivity contribution in [3.05, 3.63) is 35.9 Å². The number of rotatable bonds is 6. The zero-order valence-corrected chi connectivity index (χ0v) is 13.1. The maximum Gasteiger partial charge on any atom is 0.0714 e. The van der Waals surface area contributed by atoms with Crippen LogP contribution in [-0.2, 0) is 11.3 Å². The second-order valence-electron chi connectivity index (χ2n) is 6.68. The highest BCUT2D eigenvalue weighted by molar-refractivity contribution is 5.14. The molecule has 0 radical (unpaired) electrons. The van der Waals surface area contributed by atoms with Crippen molar-refractivity contribution < 1.29 is 4.74 Å². The largest absolute Gasteiger partial charge is 0.376 e. The van der Waals surface area contributed by atoms with E-state index in [1.165, 1.54) is 5.56 Å². The third kappa shape index (κ3) is 5.61. The predicted molar refractivity (Wildman–Crippen MR) is 83.8 cm³/mol. The van der Waals surface area contributed by atoms with Gasteiger partial charge in [-0.25, -0.2) is 0 Å². The number of ether oxygens (including phenoxy) is 1. The molecule has 0 amide bonds. The lowest BCUT2D eigenvalue weighted by Gasteiger charge is -2.21. The van der Waals surface area contributed by atoms with Gasteiger partial charge < -0.3 is 10.1 Å². The van der Waals surface area contributed by atoms with Crippen LogP contribution in [-0.4, -0.2) is 42.8 Å². The minimum absolute atomic E-state index is 0.179. The van der Waals surface area contributed by atoms with Gasteiger partial charge in [-0.05, 0) is 32.8 Å². The third-order valence-electron chi connectivity index (χ3n) is 3.59. The van der Waals surface area contributed by atoms with Crippen molar-refractivity contribution in [2.75, 3.05) is 26.2 Å². The quantitative estimate of drug-likeness (QED) is 0.809. The molecule has 1 aliphatic heterocycles. The van der Waals surface area contributed by atoms with E-state index in [1.807, 2.05) is 0 Å². The molecule has 2 rings (SSSR count). The van der Waals surface area contributed by atoms with Crippen LogP contribution in [0.2, 0.25) is 0 Å². The summed E-state index contributed by atoms with van der Waals surface area (Å²) in [4.78, 5) is 2.48. The summed E-state index contributed by atoms with van der Waals surface area (Å²) in [5.74, 6) is 0. The molecule has 0 aromatic heterocycles. The van der Waals surface area contributed by atoms with Crippen LogP contribution in [0.3, 0.4) is 0 Å². The molecule has 112 valence electrons. The van der Waals surface area contributed by atoms with Crippen molar-refractivity contribution in [2.24, 2.45) is 0 Å². The number of nitrogens with zero attached hydrogens (tertiary/aromatic N) is 1. The van der Waals surface area contributed by atoms with Crippen molar-refractivity contribution in [1.82, 2.24) is 10.2 Å². The molecule has 0 aliphatic carbocycles. The standard InChI is InChI=1S/C17H28N2O/c1-17(2,3)18-10-12-20-16-9-11-19(14-16)13-15-7-5-4-6-8-15/h4-8,16,18H,9-14H2,1-3H3. The fraction of sp³-hybridized carbons (Fsp3) is 0.647. The van der Waals surface area contributed by atoms with Crippen LogP contribution >= 0.6 is 0 Å². The average Bonchev–Trinajstić information content (AvgIpc) is 2.82. The Bertz CT molecular complexity index is 386. The molecule has 1 unspecified atom stereocenters. The van der Waals surface area contributed by atoms with Crippen molar-refractivity contribution in [1.29, 1.82) is 0 Å².